The molecule has 1 aliphatic rings. The molecular weight excluding hydrogens is 274 g/mol. The molecule has 0 aliphatic carbocycles. The Hall–Kier alpha value is -2.20. The third-order valence-electron chi connectivity index (χ3n) is 4.42. The minimum atomic E-state index is 0.142. The zero-order chi connectivity index (χ0) is 15.7. The van der Waals surface area contributed by atoms with Gasteiger partial charge in [0.2, 0.25) is 0 Å². The number of aryl methyl sites for hydroxylation is 1. The van der Waals surface area contributed by atoms with E-state index in [2.05, 4.69) is 41.1 Å². The molecule has 2 aromatic carbocycles. The highest BCUT2D eigenvalue weighted by Crippen LogP contribution is 2.32. The van der Waals surface area contributed by atoms with Crippen LogP contribution in [-0.2, 0) is 0 Å². The maximum absolute atomic E-state index is 9.83. The fraction of sp³-hybridized carbons (Fsp3) is 0.333. The van der Waals surface area contributed by atoms with Gasteiger partial charge in [-0.15, -0.1) is 0 Å². The molecule has 1 heterocycles. The van der Waals surface area contributed by atoms with Gasteiger partial charge in [-0.1, -0.05) is 12.1 Å². The van der Waals surface area contributed by atoms with Crippen LogP contribution in [-0.4, -0.2) is 43.2 Å². The number of nitrogen functional groups attached to an aromatic ring is 1. The summed E-state index contributed by atoms with van der Waals surface area (Å²) in [6.45, 7) is 6.36. The molecule has 0 aromatic heterocycles. The van der Waals surface area contributed by atoms with Crippen LogP contribution in [0.3, 0.4) is 0 Å². The van der Waals surface area contributed by atoms with Crippen molar-refractivity contribution in [1.29, 1.82) is 0 Å². The van der Waals surface area contributed by atoms with Crippen molar-refractivity contribution in [3.8, 4) is 16.9 Å². The molecule has 0 bridgehead atoms. The van der Waals surface area contributed by atoms with Crippen LogP contribution >= 0.6 is 0 Å². The van der Waals surface area contributed by atoms with Crippen LogP contribution in [0.5, 0.6) is 5.75 Å². The maximum Gasteiger partial charge on any atom is 0.139 e. The molecule has 0 unspecified atom stereocenters. The van der Waals surface area contributed by atoms with Crippen LogP contribution in [0.1, 0.15) is 5.56 Å². The summed E-state index contributed by atoms with van der Waals surface area (Å²) < 4.78 is 0. The molecule has 3 N–H and O–H groups in total. The van der Waals surface area contributed by atoms with Gasteiger partial charge in [-0.2, -0.15) is 0 Å². The molecule has 4 nitrogen and oxygen atoms in total. The second-order valence-corrected chi connectivity index (χ2v) is 6.06. The van der Waals surface area contributed by atoms with Crippen molar-refractivity contribution < 1.29 is 5.11 Å². The van der Waals surface area contributed by atoms with Crippen molar-refractivity contribution in [1.82, 2.24) is 4.90 Å². The van der Waals surface area contributed by atoms with Crippen molar-refractivity contribution in [2.75, 3.05) is 43.9 Å². The fourth-order valence-corrected chi connectivity index (χ4v) is 2.95. The molecule has 22 heavy (non-hydrogen) atoms. The summed E-state index contributed by atoms with van der Waals surface area (Å²) in [6.07, 6.45) is 0. The van der Waals surface area contributed by atoms with Crippen LogP contribution < -0.4 is 10.6 Å². The molecule has 0 atom stereocenters. The molecule has 1 aliphatic heterocycles. The number of phenolic OH excluding ortho intramolecular Hbond substituents is 1. The zero-order valence-corrected chi connectivity index (χ0v) is 13.2. The van der Waals surface area contributed by atoms with Crippen molar-refractivity contribution >= 4 is 11.4 Å². The molecule has 0 saturated carbocycles. The number of hydrogen-bond acceptors (Lipinski definition) is 4. The highest BCUT2D eigenvalue weighted by atomic mass is 16.3. The van der Waals surface area contributed by atoms with Gasteiger partial charge in [-0.25, -0.2) is 0 Å². The van der Waals surface area contributed by atoms with Crippen LogP contribution in [0, 0.1) is 6.92 Å². The van der Waals surface area contributed by atoms with E-state index in [0.29, 0.717) is 5.69 Å². The van der Waals surface area contributed by atoms with Crippen LogP contribution in [0.2, 0.25) is 0 Å². The van der Waals surface area contributed by atoms with Gasteiger partial charge in [-0.05, 0) is 54.9 Å². The first-order chi connectivity index (χ1) is 10.5. The molecule has 116 valence electrons. The highest BCUT2D eigenvalue weighted by Gasteiger charge is 2.14. The lowest BCUT2D eigenvalue weighted by Gasteiger charge is -2.34. The Bertz CT molecular complexity index is 659. The summed E-state index contributed by atoms with van der Waals surface area (Å²) in [5.74, 6) is 0.142. The molecular formula is C18H23N3O. The normalized spacial score (nSPS) is 16.0. The smallest absolute Gasteiger partial charge is 0.139 e. The van der Waals surface area contributed by atoms with Crippen LogP contribution in [0.4, 0.5) is 11.4 Å². The van der Waals surface area contributed by atoms with Crippen molar-refractivity contribution in [2.45, 2.75) is 6.92 Å². The summed E-state index contributed by atoms with van der Waals surface area (Å²) in [5.41, 5.74) is 10.6. The Kier molecular flexibility index (Phi) is 3.94. The Balaban J connectivity index is 1.84. The number of nitrogens with two attached hydrogens (primary N) is 1. The van der Waals surface area contributed by atoms with Gasteiger partial charge in [0.25, 0.3) is 0 Å². The van der Waals surface area contributed by atoms with Gasteiger partial charge >= 0.3 is 0 Å². The van der Waals surface area contributed by atoms with E-state index in [1.807, 2.05) is 13.0 Å². The van der Waals surface area contributed by atoms with E-state index in [1.54, 1.807) is 6.07 Å². The summed E-state index contributed by atoms with van der Waals surface area (Å²) in [5, 5.41) is 9.83. The molecule has 4 heteroatoms. The third-order valence-corrected chi connectivity index (χ3v) is 4.42. The van der Waals surface area contributed by atoms with Crippen molar-refractivity contribution in [2.24, 2.45) is 0 Å². The lowest BCUT2D eigenvalue weighted by Crippen LogP contribution is -2.44. The van der Waals surface area contributed by atoms with Crippen LogP contribution in [0.25, 0.3) is 11.1 Å². The quantitative estimate of drug-likeness (QED) is 0.661. The van der Waals surface area contributed by atoms with E-state index in [9.17, 15) is 5.11 Å². The Morgan fingerprint density at radius 2 is 1.64 bits per heavy atom. The largest absolute Gasteiger partial charge is 0.506 e. The number of piperazine rings is 1. The molecule has 0 amide bonds. The highest BCUT2D eigenvalue weighted by molar-refractivity contribution is 5.74. The molecule has 1 saturated heterocycles. The van der Waals surface area contributed by atoms with E-state index in [-0.39, 0.29) is 5.75 Å². The van der Waals surface area contributed by atoms with E-state index in [1.165, 1.54) is 5.69 Å². The number of anilines is 2. The summed E-state index contributed by atoms with van der Waals surface area (Å²) in [7, 11) is 2.16. The monoisotopic (exact) mass is 297 g/mol. The maximum atomic E-state index is 9.83. The number of aromatic hydroxyl groups is 1. The van der Waals surface area contributed by atoms with Crippen molar-refractivity contribution in [3.05, 3.63) is 42.0 Å². The van der Waals surface area contributed by atoms with Crippen LogP contribution in [0.15, 0.2) is 36.4 Å². The van der Waals surface area contributed by atoms with Gasteiger partial charge in [0.15, 0.2) is 0 Å². The number of phenols is 1. The Labute approximate surface area is 131 Å². The lowest BCUT2D eigenvalue weighted by molar-refractivity contribution is 0.313. The van der Waals surface area contributed by atoms with Gasteiger partial charge in [0.05, 0.1) is 5.69 Å². The van der Waals surface area contributed by atoms with Gasteiger partial charge in [0.1, 0.15) is 5.75 Å². The molecule has 1 fully saturated rings. The Morgan fingerprint density at radius 1 is 1.00 bits per heavy atom. The van der Waals surface area contributed by atoms with E-state index >= 15 is 0 Å². The number of likely N-dealkylation sites (N-methyl/N-ethyl adjacent to an activating group) is 1. The number of rotatable bonds is 2. The van der Waals surface area contributed by atoms with E-state index in [4.69, 9.17) is 5.73 Å². The Morgan fingerprint density at radius 3 is 2.27 bits per heavy atom. The first kappa shape index (κ1) is 14.7. The molecule has 2 aromatic rings. The second-order valence-electron chi connectivity index (χ2n) is 6.06. The number of hydrogen-bond donors (Lipinski definition) is 2. The summed E-state index contributed by atoms with van der Waals surface area (Å²) in [6, 6.07) is 12.1. The summed E-state index contributed by atoms with van der Waals surface area (Å²) >= 11 is 0. The second kappa shape index (κ2) is 5.89. The van der Waals surface area contributed by atoms with Gasteiger partial charge in [0, 0.05) is 31.9 Å². The lowest BCUT2D eigenvalue weighted by atomic mass is 9.99. The van der Waals surface area contributed by atoms with Gasteiger partial charge < -0.3 is 20.6 Å². The average Bonchev–Trinajstić information content (AvgIpc) is 2.52. The SMILES string of the molecule is Cc1cc(N)c(O)cc1-c1ccc(N2CCN(C)CC2)cc1. The van der Waals surface area contributed by atoms with Crippen molar-refractivity contribution in [3.63, 3.8) is 0 Å². The minimum absolute atomic E-state index is 0.142. The first-order valence-electron chi connectivity index (χ1n) is 7.67. The minimum Gasteiger partial charge on any atom is -0.506 e. The third kappa shape index (κ3) is 2.88. The number of nitrogens with zero attached hydrogens (tertiary/aromatic N) is 2. The topological polar surface area (TPSA) is 52.7 Å². The fourth-order valence-electron chi connectivity index (χ4n) is 2.95. The average molecular weight is 297 g/mol. The number of benzene rings is 2. The molecule has 0 spiro atoms. The van der Waals surface area contributed by atoms with Gasteiger partial charge in [-0.3, -0.25) is 0 Å². The predicted octanol–water partition coefficient (Wildman–Crippen LogP) is 2.70. The first-order valence-corrected chi connectivity index (χ1v) is 7.67. The summed E-state index contributed by atoms with van der Waals surface area (Å²) in [4.78, 5) is 4.77. The van der Waals surface area contributed by atoms with E-state index in [0.717, 1.165) is 42.9 Å². The zero-order valence-electron chi connectivity index (χ0n) is 13.2. The molecule has 0 radical (unpaired) electrons. The van der Waals surface area contributed by atoms with E-state index < -0.39 is 0 Å². The predicted molar refractivity (Wildman–Crippen MR) is 92.4 cm³/mol. The standard InChI is InChI=1S/C18H23N3O/c1-13-11-17(19)18(22)12-16(13)14-3-5-15(6-4-14)21-9-7-20(2)8-10-21/h3-6,11-12,22H,7-10,19H2,1-2H3. The molecule has 3 rings (SSSR count).